The third kappa shape index (κ3) is 3.30. The number of benzene rings is 1. The van der Waals surface area contributed by atoms with Crippen LogP contribution in [0.2, 0.25) is 5.02 Å². The first kappa shape index (κ1) is 14.6. The third-order valence-electron chi connectivity index (χ3n) is 4.12. The van der Waals surface area contributed by atoms with Crippen molar-refractivity contribution in [2.24, 2.45) is 0 Å². The Labute approximate surface area is 131 Å². The van der Waals surface area contributed by atoms with Gasteiger partial charge in [-0.3, -0.25) is 4.68 Å². The Morgan fingerprint density at radius 1 is 1.43 bits per heavy atom. The largest absolute Gasteiger partial charge is 0.310 e. The fourth-order valence-electron chi connectivity index (χ4n) is 3.09. The summed E-state index contributed by atoms with van der Waals surface area (Å²) in [4.78, 5) is 0. The van der Waals surface area contributed by atoms with Gasteiger partial charge in [0.1, 0.15) is 0 Å². The van der Waals surface area contributed by atoms with Gasteiger partial charge in [-0.15, -0.1) is 0 Å². The van der Waals surface area contributed by atoms with Crippen LogP contribution in [0.5, 0.6) is 0 Å². The fraction of sp³-hybridized carbons (Fsp3) is 0.471. The average Bonchev–Trinajstić information content (AvgIpc) is 2.89. The number of nitrogens with one attached hydrogen (secondary N) is 1. The third-order valence-corrected chi connectivity index (χ3v) is 4.36. The number of halogens is 1. The van der Waals surface area contributed by atoms with E-state index in [0.717, 1.165) is 24.5 Å². The van der Waals surface area contributed by atoms with E-state index >= 15 is 0 Å². The normalized spacial score (nSPS) is 17.7. The molecule has 4 heteroatoms. The molecule has 1 aliphatic rings. The van der Waals surface area contributed by atoms with Gasteiger partial charge in [0.15, 0.2) is 0 Å². The molecule has 1 aromatic carbocycles. The van der Waals surface area contributed by atoms with Gasteiger partial charge in [-0.25, -0.2) is 0 Å². The number of fused-ring (bicyclic) bond motifs is 1. The van der Waals surface area contributed by atoms with E-state index in [4.69, 9.17) is 11.6 Å². The highest BCUT2D eigenvalue weighted by atomic mass is 35.5. The van der Waals surface area contributed by atoms with Crippen molar-refractivity contribution in [3.63, 3.8) is 0 Å². The number of nitrogens with zero attached hydrogens (tertiary/aromatic N) is 2. The summed E-state index contributed by atoms with van der Waals surface area (Å²) in [6.07, 6.45) is 6.79. The highest BCUT2D eigenvalue weighted by Gasteiger charge is 2.23. The fourth-order valence-corrected chi connectivity index (χ4v) is 3.31. The van der Waals surface area contributed by atoms with Gasteiger partial charge in [-0.1, -0.05) is 30.7 Å². The molecular weight excluding hydrogens is 282 g/mol. The molecule has 2 aromatic rings. The minimum atomic E-state index is 0.474. The first-order valence-electron chi connectivity index (χ1n) is 7.80. The van der Waals surface area contributed by atoms with Gasteiger partial charge < -0.3 is 5.32 Å². The second-order valence-corrected chi connectivity index (χ2v) is 6.17. The second kappa shape index (κ2) is 6.63. The zero-order valence-corrected chi connectivity index (χ0v) is 13.2. The molecule has 1 aromatic heterocycles. The molecule has 1 heterocycles. The lowest BCUT2D eigenvalue weighted by atomic mass is 9.93. The van der Waals surface area contributed by atoms with Crippen molar-refractivity contribution >= 4 is 11.6 Å². The summed E-state index contributed by atoms with van der Waals surface area (Å²) in [5.41, 5.74) is 3.98. The molecule has 1 N–H and O–H groups in total. The minimum Gasteiger partial charge on any atom is -0.310 e. The highest BCUT2D eigenvalue weighted by Crippen LogP contribution is 2.30. The van der Waals surface area contributed by atoms with Crippen LogP contribution in [0.15, 0.2) is 30.5 Å². The minimum absolute atomic E-state index is 0.474. The Morgan fingerprint density at radius 3 is 3.14 bits per heavy atom. The van der Waals surface area contributed by atoms with Crippen molar-refractivity contribution in [2.75, 3.05) is 6.54 Å². The van der Waals surface area contributed by atoms with Gasteiger partial charge in [0.25, 0.3) is 0 Å². The lowest BCUT2D eigenvalue weighted by Gasteiger charge is -2.24. The van der Waals surface area contributed by atoms with Crippen LogP contribution in [-0.4, -0.2) is 16.3 Å². The first-order chi connectivity index (χ1) is 10.3. The van der Waals surface area contributed by atoms with Crippen molar-refractivity contribution in [1.82, 2.24) is 15.1 Å². The monoisotopic (exact) mass is 303 g/mol. The predicted molar refractivity (Wildman–Crippen MR) is 86.8 cm³/mol. The van der Waals surface area contributed by atoms with Crippen LogP contribution in [0, 0.1) is 0 Å². The quantitative estimate of drug-likeness (QED) is 0.906. The molecule has 1 unspecified atom stereocenters. The Balaban J connectivity index is 1.80. The van der Waals surface area contributed by atoms with E-state index in [9.17, 15) is 0 Å². The predicted octanol–water partition coefficient (Wildman–Crippen LogP) is 3.96. The van der Waals surface area contributed by atoms with Crippen molar-refractivity contribution in [1.29, 1.82) is 0 Å². The molecule has 0 fully saturated rings. The number of hydrogen-bond acceptors (Lipinski definition) is 2. The molecule has 0 aliphatic heterocycles. The van der Waals surface area contributed by atoms with Gasteiger partial charge in [0.05, 0.1) is 12.7 Å². The van der Waals surface area contributed by atoms with Crippen molar-refractivity contribution < 1.29 is 0 Å². The maximum atomic E-state index is 6.07. The SMILES string of the molecule is CCCNC1CCCc2c1cnn2Cc1cccc(Cl)c1. The number of hydrogen-bond donors (Lipinski definition) is 1. The number of aromatic nitrogens is 2. The zero-order chi connectivity index (χ0) is 14.7. The second-order valence-electron chi connectivity index (χ2n) is 5.73. The van der Waals surface area contributed by atoms with Crippen molar-refractivity contribution in [3.05, 3.63) is 52.3 Å². The van der Waals surface area contributed by atoms with Crippen LogP contribution in [0.25, 0.3) is 0 Å². The summed E-state index contributed by atoms with van der Waals surface area (Å²) in [5, 5.41) is 9.04. The summed E-state index contributed by atoms with van der Waals surface area (Å²) in [6.45, 7) is 4.08. The molecule has 0 radical (unpaired) electrons. The van der Waals surface area contributed by atoms with Crippen molar-refractivity contribution in [2.45, 2.75) is 45.2 Å². The maximum absolute atomic E-state index is 6.07. The molecular formula is C17H22ClN3. The first-order valence-corrected chi connectivity index (χ1v) is 8.18. The van der Waals surface area contributed by atoms with Gasteiger partial charge in [-0.2, -0.15) is 5.10 Å². The smallest absolute Gasteiger partial charge is 0.0663 e. The molecule has 0 bridgehead atoms. The molecule has 112 valence electrons. The van der Waals surface area contributed by atoms with Gasteiger partial charge in [0, 0.05) is 22.3 Å². The van der Waals surface area contributed by atoms with Crippen LogP contribution < -0.4 is 5.32 Å². The maximum Gasteiger partial charge on any atom is 0.0663 e. The van der Waals surface area contributed by atoms with Gasteiger partial charge in [-0.05, 0) is 49.9 Å². The summed E-state index contributed by atoms with van der Waals surface area (Å²) >= 11 is 6.07. The summed E-state index contributed by atoms with van der Waals surface area (Å²) in [7, 11) is 0. The summed E-state index contributed by atoms with van der Waals surface area (Å²) in [6, 6.07) is 8.51. The lowest BCUT2D eigenvalue weighted by Crippen LogP contribution is -2.26. The molecule has 3 rings (SSSR count). The van der Waals surface area contributed by atoms with E-state index in [2.05, 4.69) is 28.1 Å². The van der Waals surface area contributed by atoms with Gasteiger partial charge >= 0.3 is 0 Å². The zero-order valence-electron chi connectivity index (χ0n) is 12.5. The number of rotatable bonds is 5. The van der Waals surface area contributed by atoms with Crippen LogP contribution in [0.1, 0.15) is 49.0 Å². The van der Waals surface area contributed by atoms with Crippen LogP contribution >= 0.6 is 11.6 Å². The van der Waals surface area contributed by atoms with Crippen molar-refractivity contribution in [3.8, 4) is 0 Å². The molecule has 21 heavy (non-hydrogen) atoms. The highest BCUT2D eigenvalue weighted by molar-refractivity contribution is 6.30. The molecule has 0 amide bonds. The average molecular weight is 304 g/mol. The Hall–Kier alpha value is -1.32. The van der Waals surface area contributed by atoms with E-state index < -0.39 is 0 Å². The van der Waals surface area contributed by atoms with E-state index in [1.54, 1.807) is 0 Å². The lowest BCUT2D eigenvalue weighted by molar-refractivity contribution is 0.451. The molecule has 0 saturated carbocycles. The topological polar surface area (TPSA) is 29.9 Å². The molecule has 0 spiro atoms. The summed E-state index contributed by atoms with van der Waals surface area (Å²) in [5.74, 6) is 0. The van der Waals surface area contributed by atoms with Crippen LogP contribution in [0.3, 0.4) is 0 Å². The van der Waals surface area contributed by atoms with Crippen LogP contribution in [0.4, 0.5) is 0 Å². The summed E-state index contributed by atoms with van der Waals surface area (Å²) < 4.78 is 2.14. The van der Waals surface area contributed by atoms with E-state index in [1.807, 2.05) is 24.4 Å². The molecule has 0 saturated heterocycles. The van der Waals surface area contributed by atoms with E-state index in [0.29, 0.717) is 6.04 Å². The molecule has 3 nitrogen and oxygen atoms in total. The van der Waals surface area contributed by atoms with E-state index in [1.165, 1.54) is 36.1 Å². The van der Waals surface area contributed by atoms with Gasteiger partial charge in [0.2, 0.25) is 0 Å². The molecule has 1 aliphatic carbocycles. The Morgan fingerprint density at radius 2 is 2.33 bits per heavy atom. The molecule has 1 atom stereocenters. The van der Waals surface area contributed by atoms with E-state index in [-0.39, 0.29) is 0 Å². The van der Waals surface area contributed by atoms with Crippen LogP contribution in [-0.2, 0) is 13.0 Å². The standard InChI is InChI=1S/C17H22ClN3/c1-2-9-19-16-7-4-8-17-15(16)11-20-21(17)12-13-5-3-6-14(18)10-13/h3,5-6,10-11,16,19H,2,4,7-9,12H2,1H3. The Bertz CT molecular complexity index is 606. The Kier molecular flexibility index (Phi) is 4.61.